The Hall–Kier alpha value is -0.330. The molecule has 0 aliphatic carbocycles. The Morgan fingerprint density at radius 1 is 1.44 bits per heavy atom. The van der Waals surface area contributed by atoms with E-state index in [1.807, 2.05) is 12.1 Å². The molecule has 0 unspecified atom stereocenters. The number of thiophene rings is 1. The van der Waals surface area contributed by atoms with Crippen molar-refractivity contribution in [2.75, 3.05) is 13.1 Å². The van der Waals surface area contributed by atoms with E-state index in [0.717, 1.165) is 8.66 Å². The van der Waals surface area contributed by atoms with Gasteiger partial charge in [0.2, 0.25) is 0 Å². The first-order chi connectivity index (χ1) is 7.40. The zero-order valence-corrected chi connectivity index (χ0v) is 10.8. The van der Waals surface area contributed by atoms with Crippen LogP contribution in [0.3, 0.4) is 0 Å². The highest BCUT2D eigenvalue weighted by molar-refractivity contribution is 9.11. The van der Waals surface area contributed by atoms with Crippen molar-refractivity contribution < 1.29 is 13.2 Å². The third kappa shape index (κ3) is 5.14. The topological polar surface area (TPSA) is 3.24 Å². The van der Waals surface area contributed by atoms with Gasteiger partial charge in [0.15, 0.2) is 0 Å². The van der Waals surface area contributed by atoms with Gasteiger partial charge in [0, 0.05) is 18.0 Å². The summed E-state index contributed by atoms with van der Waals surface area (Å²) < 4.78 is 37.7. The molecule has 0 saturated carbocycles. The van der Waals surface area contributed by atoms with Crippen molar-refractivity contribution >= 4 is 27.3 Å². The van der Waals surface area contributed by atoms with Crippen LogP contribution >= 0.6 is 27.3 Å². The molecule has 0 atom stereocenters. The van der Waals surface area contributed by atoms with E-state index in [1.165, 1.54) is 22.3 Å². The second kappa shape index (κ2) is 5.84. The van der Waals surface area contributed by atoms with Gasteiger partial charge in [0.05, 0.1) is 10.3 Å². The molecular weight excluding hydrogens is 303 g/mol. The highest BCUT2D eigenvalue weighted by Gasteiger charge is 2.30. The quantitative estimate of drug-likeness (QED) is 0.741. The summed E-state index contributed by atoms with van der Waals surface area (Å²) in [6, 6.07) is 3.65. The van der Waals surface area contributed by atoms with E-state index < -0.39 is 12.7 Å². The highest BCUT2D eigenvalue weighted by Crippen LogP contribution is 2.24. The van der Waals surface area contributed by atoms with Crippen LogP contribution in [-0.2, 0) is 6.54 Å². The number of nitrogens with zero attached hydrogens (tertiary/aromatic N) is 1. The molecule has 1 rings (SSSR count). The average Bonchev–Trinajstić information content (AvgIpc) is 2.48. The molecule has 0 spiro atoms. The number of rotatable bonds is 5. The van der Waals surface area contributed by atoms with E-state index in [-0.39, 0.29) is 6.54 Å². The molecule has 0 saturated heterocycles. The fraction of sp³-hybridized carbons (Fsp3) is 0.400. The van der Waals surface area contributed by atoms with Gasteiger partial charge in [-0.05, 0) is 28.1 Å². The minimum atomic E-state index is -4.17. The van der Waals surface area contributed by atoms with Gasteiger partial charge >= 0.3 is 6.18 Å². The molecule has 1 nitrogen and oxygen atoms in total. The zero-order chi connectivity index (χ0) is 12.2. The van der Waals surface area contributed by atoms with Crippen LogP contribution in [0.4, 0.5) is 13.2 Å². The first-order valence-corrected chi connectivity index (χ1v) is 6.16. The molecule has 90 valence electrons. The van der Waals surface area contributed by atoms with Crippen molar-refractivity contribution in [1.29, 1.82) is 0 Å². The molecule has 0 amide bonds. The average molecular weight is 314 g/mol. The van der Waals surface area contributed by atoms with Crippen molar-refractivity contribution in [2.24, 2.45) is 0 Å². The fourth-order valence-electron chi connectivity index (χ4n) is 1.28. The van der Waals surface area contributed by atoms with Crippen LogP contribution in [0.1, 0.15) is 4.88 Å². The number of halogens is 4. The lowest BCUT2D eigenvalue weighted by molar-refractivity contribution is -0.145. The van der Waals surface area contributed by atoms with E-state index >= 15 is 0 Å². The molecule has 1 aromatic heterocycles. The summed E-state index contributed by atoms with van der Waals surface area (Å²) in [5.41, 5.74) is 0. The Morgan fingerprint density at radius 3 is 2.56 bits per heavy atom. The zero-order valence-electron chi connectivity index (χ0n) is 8.43. The molecule has 0 aliphatic heterocycles. The molecule has 6 heteroatoms. The molecule has 0 fully saturated rings. The van der Waals surface area contributed by atoms with E-state index in [0.29, 0.717) is 6.54 Å². The maximum atomic E-state index is 12.3. The van der Waals surface area contributed by atoms with Crippen molar-refractivity contribution in [2.45, 2.75) is 12.7 Å². The Kier molecular flexibility index (Phi) is 5.01. The Bertz CT molecular complexity index is 348. The maximum absolute atomic E-state index is 12.3. The lowest BCUT2D eigenvalue weighted by Gasteiger charge is -2.21. The van der Waals surface area contributed by atoms with Crippen LogP contribution in [0.5, 0.6) is 0 Å². The summed E-state index contributed by atoms with van der Waals surface area (Å²) in [7, 11) is 0. The van der Waals surface area contributed by atoms with Crippen molar-refractivity contribution in [3.05, 3.63) is 33.5 Å². The van der Waals surface area contributed by atoms with Crippen molar-refractivity contribution in [1.82, 2.24) is 4.90 Å². The Morgan fingerprint density at radius 2 is 2.12 bits per heavy atom. The van der Waals surface area contributed by atoms with Gasteiger partial charge < -0.3 is 0 Å². The molecule has 0 radical (unpaired) electrons. The first kappa shape index (κ1) is 13.7. The van der Waals surface area contributed by atoms with Crippen molar-refractivity contribution in [3.8, 4) is 0 Å². The molecule has 0 aliphatic rings. The van der Waals surface area contributed by atoms with Gasteiger partial charge in [-0.3, -0.25) is 4.90 Å². The lowest BCUT2D eigenvalue weighted by Crippen LogP contribution is -2.33. The van der Waals surface area contributed by atoms with Crippen LogP contribution in [0.25, 0.3) is 0 Å². The predicted molar refractivity (Wildman–Crippen MR) is 63.5 cm³/mol. The Balaban J connectivity index is 2.60. The van der Waals surface area contributed by atoms with Gasteiger partial charge in [-0.25, -0.2) is 0 Å². The van der Waals surface area contributed by atoms with Crippen LogP contribution in [-0.4, -0.2) is 24.2 Å². The number of hydrogen-bond donors (Lipinski definition) is 0. The third-order valence-electron chi connectivity index (χ3n) is 1.80. The normalized spacial score (nSPS) is 12.1. The summed E-state index contributed by atoms with van der Waals surface area (Å²) in [5.74, 6) is 0. The molecular formula is C10H11BrF3NS. The highest BCUT2D eigenvalue weighted by atomic mass is 79.9. The van der Waals surface area contributed by atoms with E-state index in [2.05, 4.69) is 22.5 Å². The molecule has 16 heavy (non-hydrogen) atoms. The van der Waals surface area contributed by atoms with E-state index in [9.17, 15) is 13.2 Å². The minimum Gasteiger partial charge on any atom is -0.286 e. The molecule has 0 bridgehead atoms. The lowest BCUT2D eigenvalue weighted by atomic mass is 10.4. The fourth-order valence-corrected chi connectivity index (χ4v) is 2.80. The monoisotopic (exact) mass is 313 g/mol. The van der Waals surface area contributed by atoms with Gasteiger partial charge in [0.1, 0.15) is 0 Å². The molecule has 0 N–H and O–H groups in total. The van der Waals surface area contributed by atoms with E-state index in [4.69, 9.17) is 0 Å². The second-order valence-electron chi connectivity index (χ2n) is 3.28. The van der Waals surface area contributed by atoms with Gasteiger partial charge in [-0.2, -0.15) is 13.2 Å². The van der Waals surface area contributed by atoms with Crippen LogP contribution in [0.15, 0.2) is 28.6 Å². The first-order valence-electron chi connectivity index (χ1n) is 4.55. The predicted octanol–water partition coefficient (Wildman–Crippen LogP) is 4.06. The largest absolute Gasteiger partial charge is 0.401 e. The standard InChI is InChI=1S/C10H11BrF3NS/c1-2-5-15(7-10(12,13)14)6-8-3-4-9(11)16-8/h2-4H,1,5-7H2. The van der Waals surface area contributed by atoms with Crippen LogP contribution < -0.4 is 0 Å². The number of hydrogen-bond acceptors (Lipinski definition) is 2. The number of alkyl halides is 3. The van der Waals surface area contributed by atoms with Crippen LogP contribution in [0, 0.1) is 0 Å². The smallest absolute Gasteiger partial charge is 0.286 e. The van der Waals surface area contributed by atoms with Gasteiger partial charge in [0.25, 0.3) is 0 Å². The van der Waals surface area contributed by atoms with Gasteiger partial charge in [-0.1, -0.05) is 6.08 Å². The summed E-state index contributed by atoms with van der Waals surface area (Å²) >= 11 is 4.72. The second-order valence-corrected chi connectivity index (χ2v) is 5.83. The molecule has 0 aromatic carbocycles. The Labute approximate surface area is 105 Å². The third-order valence-corrected chi connectivity index (χ3v) is 3.41. The summed E-state index contributed by atoms with van der Waals surface area (Å²) in [6.45, 7) is 3.08. The SMILES string of the molecule is C=CCN(Cc1ccc(Br)s1)CC(F)(F)F. The minimum absolute atomic E-state index is 0.231. The van der Waals surface area contributed by atoms with Crippen molar-refractivity contribution in [3.63, 3.8) is 0 Å². The maximum Gasteiger partial charge on any atom is 0.401 e. The van der Waals surface area contributed by atoms with Crippen LogP contribution in [0.2, 0.25) is 0 Å². The summed E-state index contributed by atoms with van der Waals surface area (Å²) in [6.07, 6.45) is -2.69. The summed E-state index contributed by atoms with van der Waals surface area (Å²) in [4.78, 5) is 2.21. The summed E-state index contributed by atoms with van der Waals surface area (Å²) in [5, 5.41) is 0. The molecule has 1 heterocycles. The molecule has 1 aromatic rings. The van der Waals surface area contributed by atoms with E-state index in [1.54, 1.807) is 0 Å². The van der Waals surface area contributed by atoms with Gasteiger partial charge in [-0.15, -0.1) is 17.9 Å².